The van der Waals surface area contributed by atoms with Crippen molar-refractivity contribution in [3.63, 3.8) is 0 Å². The van der Waals surface area contributed by atoms with Crippen molar-refractivity contribution >= 4 is 18.0 Å². The minimum absolute atomic E-state index is 0.0799. The van der Waals surface area contributed by atoms with Gasteiger partial charge in [-0.3, -0.25) is 9.59 Å². The van der Waals surface area contributed by atoms with Crippen LogP contribution in [-0.4, -0.2) is 55.5 Å². The van der Waals surface area contributed by atoms with Crippen LogP contribution in [0.4, 0.5) is 4.79 Å². The second-order valence-electron chi connectivity index (χ2n) is 9.15. The summed E-state index contributed by atoms with van der Waals surface area (Å²) < 4.78 is 10.7. The number of hydrogen-bond donors (Lipinski definition) is 3. The molecule has 3 N–H and O–H groups in total. The summed E-state index contributed by atoms with van der Waals surface area (Å²) in [4.78, 5) is 37.2. The second kappa shape index (κ2) is 11.4. The highest BCUT2D eigenvalue weighted by Gasteiger charge is 2.36. The first kappa shape index (κ1) is 24.7. The molecule has 186 valence electrons. The minimum Gasteiger partial charge on any atom is -0.481 e. The number of rotatable bonds is 10. The maximum absolute atomic E-state index is 13.0. The number of carboxylic acid groups (broad SMARTS) is 1. The number of alkyl carbamates (subject to hydrolysis) is 1. The van der Waals surface area contributed by atoms with E-state index in [1.807, 2.05) is 36.4 Å². The van der Waals surface area contributed by atoms with E-state index in [0.29, 0.717) is 32.3 Å². The van der Waals surface area contributed by atoms with Crippen LogP contribution in [0.25, 0.3) is 11.1 Å². The van der Waals surface area contributed by atoms with Crippen molar-refractivity contribution in [2.24, 2.45) is 5.92 Å². The average molecular weight is 481 g/mol. The Balaban J connectivity index is 1.39. The van der Waals surface area contributed by atoms with Crippen LogP contribution in [0.2, 0.25) is 0 Å². The topological polar surface area (TPSA) is 114 Å². The third-order valence-corrected chi connectivity index (χ3v) is 6.95. The number of carbonyl (C=O) groups is 3. The fourth-order valence-electron chi connectivity index (χ4n) is 5.19. The number of carboxylic acids is 1. The van der Waals surface area contributed by atoms with E-state index in [1.165, 1.54) is 0 Å². The number of fused-ring (bicyclic) bond motifs is 3. The van der Waals surface area contributed by atoms with Gasteiger partial charge in [-0.05, 0) is 47.9 Å². The lowest BCUT2D eigenvalue weighted by molar-refractivity contribution is -0.142. The lowest BCUT2D eigenvalue weighted by Gasteiger charge is -2.23. The Morgan fingerprint density at radius 1 is 1.03 bits per heavy atom. The highest BCUT2D eigenvalue weighted by atomic mass is 16.5. The van der Waals surface area contributed by atoms with Gasteiger partial charge in [0.25, 0.3) is 0 Å². The molecule has 0 saturated heterocycles. The molecule has 0 aliphatic heterocycles. The lowest BCUT2D eigenvalue weighted by atomic mass is 9.98. The Morgan fingerprint density at radius 2 is 1.69 bits per heavy atom. The Bertz CT molecular complexity index is 1030. The molecular weight excluding hydrogens is 448 g/mol. The summed E-state index contributed by atoms with van der Waals surface area (Å²) in [6.45, 7) is 0.591. The molecule has 2 aromatic carbocycles. The maximum Gasteiger partial charge on any atom is 0.407 e. The summed E-state index contributed by atoms with van der Waals surface area (Å²) >= 11 is 0. The highest BCUT2D eigenvalue weighted by Crippen LogP contribution is 2.44. The Morgan fingerprint density at radius 3 is 2.31 bits per heavy atom. The van der Waals surface area contributed by atoms with E-state index >= 15 is 0 Å². The highest BCUT2D eigenvalue weighted by molar-refractivity contribution is 5.86. The van der Waals surface area contributed by atoms with Gasteiger partial charge in [0, 0.05) is 25.7 Å². The molecule has 0 spiro atoms. The molecule has 2 aromatic rings. The zero-order valence-corrected chi connectivity index (χ0v) is 19.9. The maximum atomic E-state index is 13.0. The summed E-state index contributed by atoms with van der Waals surface area (Å²) in [6, 6.07) is 14.9. The zero-order chi connectivity index (χ0) is 24.8. The molecule has 2 aliphatic carbocycles. The van der Waals surface area contributed by atoms with Gasteiger partial charge in [0.2, 0.25) is 5.91 Å². The molecule has 0 bridgehead atoms. The van der Waals surface area contributed by atoms with Crippen molar-refractivity contribution in [2.45, 2.75) is 50.1 Å². The molecule has 0 radical (unpaired) electrons. The van der Waals surface area contributed by atoms with Crippen molar-refractivity contribution in [1.82, 2.24) is 10.6 Å². The molecule has 2 amide bonds. The van der Waals surface area contributed by atoms with Crippen LogP contribution < -0.4 is 10.6 Å². The number of methoxy groups -OCH3 is 1. The smallest absolute Gasteiger partial charge is 0.407 e. The summed E-state index contributed by atoms with van der Waals surface area (Å²) in [5.41, 5.74) is 4.49. The van der Waals surface area contributed by atoms with Gasteiger partial charge in [0.15, 0.2) is 0 Å². The van der Waals surface area contributed by atoms with Gasteiger partial charge in [-0.2, -0.15) is 0 Å². The largest absolute Gasteiger partial charge is 0.481 e. The fourth-order valence-corrected chi connectivity index (χ4v) is 5.19. The standard InChI is InChI=1S/C27H32N2O6/c1-34-15-7-14-24(25(30)28-23-13-6-12-21(23)26(31)32)29-27(33)35-16-22-19-10-4-2-8-17(19)18-9-3-5-11-20(18)22/h2-5,8-11,21-24H,6-7,12-16H2,1H3,(H,28,30)(H,29,33)(H,31,32). The van der Waals surface area contributed by atoms with Crippen LogP contribution in [0.15, 0.2) is 48.5 Å². The Hall–Kier alpha value is -3.39. The predicted octanol–water partition coefficient (Wildman–Crippen LogP) is 3.69. The molecule has 35 heavy (non-hydrogen) atoms. The van der Waals surface area contributed by atoms with Gasteiger partial charge >= 0.3 is 12.1 Å². The van der Waals surface area contributed by atoms with E-state index in [1.54, 1.807) is 7.11 Å². The molecule has 0 aromatic heterocycles. The number of aliphatic carboxylic acids is 1. The van der Waals surface area contributed by atoms with E-state index in [0.717, 1.165) is 28.7 Å². The van der Waals surface area contributed by atoms with Crippen LogP contribution in [0.5, 0.6) is 0 Å². The first-order chi connectivity index (χ1) is 17.0. The van der Waals surface area contributed by atoms with Crippen LogP contribution in [0.3, 0.4) is 0 Å². The van der Waals surface area contributed by atoms with Gasteiger partial charge in [-0.25, -0.2) is 4.79 Å². The number of ether oxygens (including phenoxy) is 2. The van der Waals surface area contributed by atoms with Crippen LogP contribution in [0.1, 0.15) is 49.1 Å². The SMILES string of the molecule is COCCCC(NC(=O)OCC1c2ccccc2-c2ccccc21)C(=O)NC1CCCC1C(=O)O. The summed E-state index contributed by atoms with van der Waals surface area (Å²) in [6.07, 6.45) is 2.13. The second-order valence-corrected chi connectivity index (χ2v) is 9.15. The van der Waals surface area contributed by atoms with Gasteiger partial charge in [0.1, 0.15) is 12.6 Å². The zero-order valence-electron chi connectivity index (χ0n) is 19.9. The number of benzene rings is 2. The first-order valence-corrected chi connectivity index (χ1v) is 12.1. The number of nitrogens with one attached hydrogen (secondary N) is 2. The van der Waals surface area contributed by atoms with Gasteiger partial charge in [-0.15, -0.1) is 0 Å². The minimum atomic E-state index is -0.909. The molecule has 3 unspecified atom stereocenters. The van der Waals surface area contributed by atoms with E-state index in [4.69, 9.17) is 9.47 Å². The molecule has 1 fully saturated rings. The summed E-state index contributed by atoms with van der Waals surface area (Å²) in [7, 11) is 1.57. The molecule has 2 aliphatic rings. The van der Waals surface area contributed by atoms with Crippen LogP contribution >= 0.6 is 0 Å². The predicted molar refractivity (Wildman–Crippen MR) is 130 cm³/mol. The van der Waals surface area contributed by atoms with Crippen molar-refractivity contribution in [3.8, 4) is 11.1 Å². The van der Waals surface area contributed by atoms with E-state index < -0.39 is 36.0 Å². The summed E-state index contributed by atoms with van der Waals surface area (Å²) in [5, 5.41) is 14.9. The van der Waals surface area contributed by atoms with Gasteiger partial charge < -0.3 is 25.2 Å². The van der Waals surface area contributed by atoms with Gasteiger partial charge in [0.05, 0.1) is 5.92 Å². The quantitative estimate of drug-likeness (QED) is 0.447. The fraction of sp³-hybridized carbons (Fsp3) is 0.444. The van der Waals surface area contributed by atoms with Crippen molar-refractivity contribution in [3.05, 3.63) is 59.7 Å². The number of carbonyl (C=O) groups excluding carboxylic acids is 2. The third-order valence-electron chi connectivity index (χ3n) is 6.95. The molecule has 0 heterocycles. The molecule has 3 atom stereocenters. The van der Waals surface area contributed by atoms with E-state index in [-0.39, 0.29) is 12.5 Å². The van der Waals surface area contributed by atoms with Crippen LogP contribution in [-0.2, 0) is 19.1 Å². The lowest BCUT2D eigenvalue weighted by Crippen LogP contribution is -2.51. The van der Waals surface area contributed by atoms with Crippen molar-refractivity contribution in [1.29, 1.82) is 0 Å². The molecule has 8 heteroatoms. The van der Waals surface area contributed by atoms with Crippen molar-refractivity contribution < 1.29 is 29.0 Å². The molecule has 8 nitrogen and oxygen atoms in total. The monoisotopic (exact) mass is 480 g/mol. The van der Waals surface area contributed by atoms with Crippen LogP contribution in [0, 0.1) is 5.92 Å². The third kappa shape index (κ3) is 5.65. The molecule has 1 saturated carbocycles. The summed E-state index contributed by atoms with van der Waals surface area (Å²) in [5.74, 6) is -1.99. The van der Waals surface area contributed by atoms with E-state index in [2.05, 4.69) is 22.8 Å². The Labute approximate surface area is 205 Å². The molecular formula is C27H32N2O6. The number of amides is 2. The number of hydrogen-bond acceptors (Lipinski definition) is 5. The van der Waals surface area contributed by atoms with E-state index in [9.17, 15) is 19.5 Å². The van der Waals surface area contributed by atoms with Gasteiger partial charge in [-0.1, -0.05) is 55.0 Å². The normalized spacial score (nSPS) is 19.5. The average Bonchev–Trinajstić information content (AvgIpc) is 3.45. The molecule has 4 rings (SSSR count). The van der Waals surface area contributed by atoms with Crippen molar-refractivity contribution in [2.75, 3.05) is 20.3 Å². The Kier molecular flexibility index (Phi) is 8.02. The first-order valence-electron chi connectivity index (χ1n) is 12.1.